The number of fused-ring (bicyclic) bond motifs is 1. The molecule has 33 heavy (non-hydrogen) atoms. The summed E-state index contributed by atoms with van der Waals surface area (Å²) in [4.78, 5) is 33.8. The molecule has 0 radical (unpaired) electrons. The third-order valence-electron chi connectivity index (χ3n) is 5.19. The molecule has 0 aliphatic heterocycles. The number of nitrogens with one attached hydrogen (secondary N) is 1. The lowest BCUT2D eigenvalue weighted by molar-refractivity contribution is 0.0851. The Morgan fingerprint density at radius 2 is 1.73 bits per heavy atom. The van der Waals surface area contributed by atoms with Crippen LogP contribution >= 0.6 is 0 Å². The number of carbonyl (C=O) groups is 2. The van der Waals surface area contributed by atoms with Crippen LogP contribution in [-0.2, 0) is 0 Å². The first-order valence-corrected chi connectivity index (χ1v) is 9.86. The number of para-hydroxylation sites is 2. The molecule has 0 saturated carbocycles. The molecule has 0 aliphatic carbocycles. The zero-order chi connectivity index (χ0) is 23.7. The summed E-state index contributed by atoms with van der Waals surface area (Å²) in [6.07, 6.45) is -1.27. The van der Waals surface area contributed by atoms with Gasteiger partial charge in [0.1, 0.15) is 23.7 Å². The van der Waals surface area contributed by atoms with Gasteiger partial charge in [0.2, 0.25) is 0 Å². The molecule has 3 N–H and O–H groups in total. The number of aromatic amines is 1. The third kappa shape index (κ3) is 4.28. The Bertz CT molecular complexity index is 1340. The molecule has 2 unspecified atom stereocenters. The highest BCUT2D eigenvalue weighted by Gasteiger charge is 2.35. The summed E-state index contributed by atoms with van der Waals surface area (Å²) in [5.41, 5.74) is 0.151. The van der Waals surface area contributed by atoms with E-state index < -0.39 is 53.2 Å². The summed E-state index contributed by atoms with van der Waals surface area (Å²) in [5.74, 6) is -8.25. The second kappa shape index (κ2) is 8.97. The van der Waals surface area contributed by atoms with Gasteiger partial charge in [-0.25, -0.2) is 18.2 Å². The number of hydrogen-bond donors (Lipinski definition) is 3. The van der Waals surface area contributed by atoms with Crippen LogP contribution < -0.4 is 0 Å². The van der Waals surface area contributed by atoms with Crippen LogP contribution in [0.1, 0.15) is 44.1 Å². The minimum Gasteiger partial charge on any atom is -0.393 e. The third-order valence-corrected chi connectivity index (χ3v) is 5.19. The number of imidazole rings is 1. The standard InChI is InChI=1S/C24H17F3N2O4/c25-14-9-15(21(27)16(26)10-14)23(33)20(24-28-17-6-1-2-7-18(17)29-24)22(32)13-5-3-4-12(8-13)19(31)11-30/h1-10,19-20,30-31H,11H2,(H,28,29). The lowest BCUT2D eigenvalue weighted by atomic mass is 9.88. The predicted octanol–water partition coefficient (Wildman–Crippen LogP) is 3.86. The average Bonchev–Trinajstić information content (AvgIpc) is 3.24. The fourth-order valence-electron chi connectivity index (χ4n) is 3.54. The van der Waals surface area contributed by atoms with Gasteiger partial charge in [0.15, 0.2) is 23.2 Å². The van der Waals surface area contributed by atoms with Crippen LogP contribution in [0, 0.1) is 17.5 Å². The van der Waals surface area contributed by atoms with E-state index in [1.807, 2.05) is 0 Å². The van der Waals surface area contributed by atoms with Gasteiger partial charge in [0.05, 0.1) is 23.2 Å². The van der Waals surface area contributed by atoms with Crippen molar-refractivity contribution >= 4 is 22.6 Å². The highest BCUT2D eigenvalue weighted by Crippen LogP contribution is 2.29. The number of aliphatic hydroxyl groups is 2. The molecule has 0 amide bonds. The number of carbonyl (C=O) groups excluding carboxylic acids is 2. The Morgan fingerprint density at radius 1 is 0.970 bits per heavy atom. The summed E-state index contributed by atoms with van der Waals surface area (Å²) in [5, 5.41) is 19.1. The number of hydrogen-bond acceptors (Lipinski definition) is 5. The van der Waals surface area contributed by atoms with Crippen molar-refractivity contribution in [3.8, 4) is 0 Å². The zero-order valence-corrected chi connectivity index (χ0v) is 16.9. The van der Waals surface area contributed by atoms with Crippen molar-refractivity contribution < 1.29 is 33.0 Å². The van der Waals surface area contributed by atoms with Gasteiger partial charge in [-0.1, -0.05) is 30.3 Å². The van der Waals surface area contributed by atoms with E-state index in [-0.39, 0.29) is 17.0 Å². The Kier molecular flexibility index (Phi) is 6.08. The van der Waals surface area contributed by atoms with Crippen molar-refractivity contribution in [1.29, 1.82) is 0 Å². The maximum atomic E-state index is 14.4. The molecule has 1 heterocycles. The maximum absolute atomic E-state index is 14.4. The quantitative estimate of drug-likeness (QED) is 0.224. The smallest absolute Gasteiger partial charge is 0.184 e. The molecule has 2 atom stereocenters. The minimum atomic E-state index is -1.75. The molecule has 1 aromatic heterocycles. The van der Waals surface area contributed by atoms with Crippen LogP contribution in [-0.4, -0.2) is 38.4 Å². The van der Waals surface area contributed by atoms with Crippen molar-refractivity contribution in [3.05, 3.63) is 101 Å². The molecule has 0 bridgehead atoms. The largest absolute Gasteiger partial charge is 0.393 e. The number of nitrogens with zero attached hydrogens (tertiary/aromatic N) is 1. The molecule has 4 rings (SSSR count). The van der Waals surface area contributed by atoms with E-state index in [1.54, 1.807) is 24.3 Å². The summed E-state index contributed by atoms with van der Waals surface area (Å²) < 4.78 is 42.0. The van der Waals surface area contributed by atoms with Gasteiger partial charge in [0.25, 0.3) is 0 Å². The number of rotatable bonds is 7. The van der Waals surface area contributed by atoms with Gasteiger partial charge in [-0.3, -0.25) is 9.59 Å². The molecule has 0 aliphatic rings. The van der Waals surface area contributed by atoms with Crippen molar-refractivity contribution in [3.63, 3.8) is 0 Å². The van der Waals surface area contributed by atoms with Gasteiger partial charge >= 0.3 is 0 Å². The van der Waals surface area contributed by atoms with E-state index in [9.17, 15) is 33.0 Å². The van der Waals surface area contributed by atoms with Crippen LogP contribution in [0.4, 0.5) is 13.2 Å². The fraction of sp³-hybridized carbons (Fsp3) is 0.125. The number of aromatic nitrogens is 2. The summed E-state index contributed by atoms with van der Waals surface area (Å²) in [6.45, 7) is -0.600. The summed E-state index contributed by atoms with van der Waals surface area (Å²) >= 11 is 0. The lowest BCUT2D eigenvalue weighted by Gasteiger charge is -2.15. The monoisotopic (exact) mass is 454 g/mol. The molecule has 4 aromatic rings. The Labute approximate surface area is 185 Å². The number of ketones is 2. The highest BCUT2D eigenvalue weighted by atomic mass is 19.2. The molecule has 0 spiro atoms. The molecule has 168 valence electrons. The molecule has 6 nitrogen and oxygen atoms in total. The molecule has 0 fully saturated rings. The number of halogens is 3. The van der Waals surface area contributed by atoms with Gasteiger partial charge in [-0.05, 0) is 29.8 Å². The van der Waals surface area contributed by atoms with Gasteiger partial charge in [-0.15, -0.1) is 0 Å². The first-order chi connectivity index (χ1) is 15.8. The fourth-order valence-corrected chi connectivity index (χ4v) is 3.54. The summed E-state index contributed by atoms with van der Waals surface area (Å²) in [7, 11) is 0. The first kappa shape index (κ1) is 22.4. The van der Waals surface area contributed by atoms with Crippen LogP contribution in [0.25, 0.3) is 11.0 Å². The molecule has 0 saturated heterocycles. The van der Waals surface area contributed by atoms with Crippen LogP contribution in [0.3, 0.4) is 0 Å². The minimum absolute atomic E-state index is 0.0453. The first-order valence-electron chi connectivity index (χ1n) is 9.86. The Hall–Kier alpha value is -3.82. The van der Waals surface area contributed by atoms with Crippen molar-refractivity contribution in [2.75, 3.05) is 6.61 Å². The Morgan fingerprint density at radius 3 is 2.45 bits per heavy atom. The van der Waals surface area contributed by atoms with Gasteiger partial charge in [-0.2, -0.15) is 0 Å². The van der Waals surface area contributed by atoms with Gasteiger partial charge < -0.3 is 15.2 Å². The number of H-pyrrole nitrogens is 1. The van der Waals surface area contributed by atoms with E-state index >= 15 is 0 Å². The highest BCUT2D eigenvalue weighted by molar-refractivity contribution is 6.20. The molecule has 9 heteroatoms. The number of Topliss-reactive ketones (excluding diaryl/α,β-unsaturated/α-hetero) is 2. The van der Waals surface area contributed by atoms with Crippen molar-refractivity contribution in [2.24, 2.45) is 0 Å². The predicted molar refractivity (Wildman–Crippen MR) is 112 cm³/mol. The second-order valence-electron chi connectivity index (χ2n) is 7.37. The number of aliphatic hydroxyl groups excluding tert-OH is 2. The Balaban J connectivity index is 1.86. The lowest BCUT2D eigenvalue weighted by Crippen LogP contribution is -2.25. The molecular weight excluding hydrogens is 437 g/mol. The van der Waals surface area contributed by atoms with E-state index in [0.29, 0.717) is 23.2 Å². The van der Waals surface area contributed by atoms with Crippen molar-refractivity contribution in [2.45, 2.75) is 12.0 Å². The van der Waals surface area contributed by atoms with E-state index in [2.05, 4.69) is 9.97 Å². The normalized spacial score (nSPS) is 13.1. The topological polar surface area (TPSA) is 103 Å². The van der Waals surface area contributed by atoms with E-state index in [0.717, 1.165) is 0 Å². The zero-order valence-electron chi connectivity index (χ0n) is 16.9. The van der Waals surface area contributed by atoms with Gasteiger partial charge in [0, 0.05) is 11.6 Å². The molecule has 3 aromatic carbocycles. The van der Waals surface area contributed by atoms with Crippen molar-refractivity contribution in [1.82, 2.24) is 9.97 Å². The SMILES string of the molecule is O=C(c1cccc(C(O)CO)c1)C(C(=O)c1cc(F)cc(F)c1F)c1nc2ccccc2[nH]1. The average molecular weight is 454 g/mol. The van der Waals surface area contributed by atoms with E-state index in [1.165, 1.54) is 24.3 Å². The molecular formula is C24H17F3N2O4. The maximum Gasteiger partial charge on any atom is 0.184 e. The van der Waals surface area contributed by atoms with E-state index in [4.69, 9.17) is 0 Å². The van der Waals surface area contributed by atoms with Crippen LogP contribution in [0.5, 0.6) is 0 Å². The van der Waals surface area contributed by atoms with Crippen LogP contribution in [0.2, 0.25) is 0 Å². The number of benzene rings is 3. The van der Waals surface area contributed by atoms with Crippen LogP contribution in [0.15, 0.2) is 60.7 Å². The summed E-state index contributed by atoms with van der Waals surface area (Å²) in [6, 6.07) is 13.0. The second-order valence-corrected chi connectivity index (χ2v) is 7.37.